The Labute approximate surface area is 180 Å². The number of nitrogens with zero attached hydrogens (tertiary/aromatic N) is 4. The maximum absolute atomic E-state index is 13.3. The third kappa shape index (κ3) is 4.82. The number of rotatable bonds is 5. The largest absolute Gasteiger partial charge is 0.334 e. The first kappa shape index (κ1) is 20.8. The molecule has 1 amide bonds. The molecule has 1 saturated heterocycles. The second kappa shape index (κ2) is 9.55. The predicted molar refractivity (Wildman–Crippen MR) is 118 cm³/mol. The molecule has 0 N–H and O–H groups in total. The summed E-state index contributed by atoms with van der Waals surface area (Å²) in [7, 11) is 0. The van der Waals surface area contributed by atoms with Crippen molar-refractivity contribution in [1.82, 2.24) is 19.0 Å². The summed E-state index contributed by atoms with van der Waals surface area (Å²) >= 11 is 0. The van der Waals surface area contributed by atoms with Crippen molar-refractivity contribution in [1.29, 1.82) is 0 Å². The SMILES string of the molecule is O=C(Cn1c(=O)ccn(Cc2ccccc2)c1=O)N1CCCCCC1c1ccncc1. The van der Waals surface area contributed by atoms with Gasteiger partial charge in [0.2, 0.25) is 5.91 Å². The van der Waals surface area contributed by atoms with Gasteiger partial charge in [-0.25, -0.2) is 4.79 Å². The molecule has 7 heteroatoms. The molecule has 160 valence electrons. The summed E-state index contributed by atoms with van der Waals surface area (Å²) in [5.74, 6) is -0.208. The van der Waals surface area contributed by atoms with Crippen molar-refractivity contribution in [2.45, 2.75) is 44.8 Å². The zero-order chi connectivity index (χ0) is 21.6. The molecular formula is C24H26N4O3. The molecule has 0 aliphatic carbocycles. The fraction of sp³-hybridized carbons (Fsp3) is 0.333. The number of carbonyl (C=O) groups is 1. The van der Waals surface area contributed by atoms with Crippen molar-refractivity contribution >= 4 is 5.91 Å². The van der Waals surface area contributed by atoms with Gasteiger partial charge in [-0.15, -0.1) is 0 Å². The van der Waals surface area contributed by atoms with Gasteiger partial charge in [0, 0.05) is 31.2 Å². The Balaban J connectivity index is 1.60. The van der Waals surface area contributed by atoms with Crippen LogP contribution in [0.5, 0.6) is 0 Å². The Morgan fingerprint density at radius 2 is 1.74 bits per heavy atom. The van der Waals surface area contributed by atoms with E-state index < -0.39 is 11.2 Å². The highest BCUT2D eigenvalue weighted by atomic mass is 16.2. The molecule has 0 spiro atoms. The van der Waals surface area contributed by atoms with E-state index >= 15 is 0 Å². The summed E-state index contributed by atoms with van der Waals surface area (Å²) < 4.78 is 2.51. The van der Waals surface area contributed by atoms with E-state index in [0.29, 0.717) is 13.1 Å². The zero-order valence-corrected chi connectivity index (χ0v) is 17.4. The molecule has 3 heterocycles. The lowest BCUT2D eigenvalue weighted by molar-refractivity contribution is -0.134. The molecule has 0 saturated carbocycles. The summed E-state index contributed by atoms with van der Waals surface area (Å²) in [6, 6.07) is 14.7. The molecule has 1 atom stereocenters. The van der Waals surface area contributed by atoms with Crippen LogP contribution in [0.1, 0.15) is 42.9 Å². The number of benzene rings is 1. The Hall–Kier alpha value is -3.48. The van der Waals surface area contributed by atoms with E-state index in [4.69, 9.17) is 0 Å². The van der Waals surface area contributed by atoms with Crippen molar-refractivity contribution in [3.05, 3.63) is 99.1 Å². The Morgan fingerprint density at radius 1 is 0.968 bits per heavy atom. The molecule has 1 unspecified atom stereocenters. The third-order valence-electron chi connectivity index (χ3n) is 5.79. The van der Waals surface area contributed by atoms with E-state index in [2.05, 4.69) is 4.98 Å². The molecule has 4 rings (SSSR count). The lowest BCUT2D eigenvalue weighted by atomic mass is 10.0. The molecular weight excluding hydrogens is 392 g/mol. The van der Waals surface area contributed by atoms with Gasteiger partial charge in [-0.1, -0.05) is 43.2 Å². The second-order valence-corrected chi connectivity index (χ2v) is 7.87. The minimum Gasteiger partial charge on any atom is -0.334 e. The van der Waals surface area contributed by atoms with Crippen LogP contribution in [0.3, 0.4) is 0 Å². The first-order valence-corrected chi connectivity index (χ1v) is 10.7. The molecule has 7 nitrogen and oxygen atoms in total. The number of hydrogen-bond donors (Lipinski definition) is 0. The summed E-state index contributed by atoms with van der Waals surface area (Å²) in [5, 5.41) is 0. The van der Waals surface area contributed by atoms with Crippen LogP contribution in [-0.4, -0.2) is 31.5 Å². The molecule has 1 aliphatic rings. The van der Waals surface area contributed by atoms with Crippen LogP contribution in [0.2, 0.25) is 0 Å². The molecule has 2 aromatic heterocycles. The number of hydrogen-bond acceptors (Lipinski definition) is 4. The number of aromatic nitrogens is 3. The molecule has 0 radical (unpaired) electrons. The number of amides is 1. The smallest absolute Gasteiger partial charge is 0.331 e. The normalized spacial score (nSPS) is 16.6. The van der Waals surface area contributed by atoms with Gasteiger partial charge in [0.1, 0.15) is 6.54 Å². The topological polar surface area (TPSA) is 77.2 Å². The Morgan fingerprint density at radius 3 is 2.52 bits per heavy atom. The highest BCUT2D eigenvalue weighted by Crippen LogP contribution is 2.29. The zero-order valence-electron chi connectivity index (χ0n) is 17.4. The highest BCUT2D eigenvalue weighted by Gasteiger charge is 2.27. The van der Waals surface area contributed by atoms with E-state index in [9.17, 15) is 14.4 Å². The molecule has 1 fully saturated rings. The van der Waals surface area contributed by atoms with Crippen molar-refractivity contribution in [2.75, 3.05) is 6.54 Å². The van der Waals surface area contributed by atoms with Gasteiger partial charge in [-0.05, 0) is 36.1 Å². The van der Waals surface area contributed by atoms with Crippen LogP contribution in [0.15, 0.2) is 76.7 Å². The van der Waals surface area contributed by atoms with Crippen LogP contribution in [-0.2, 0) is 17.9 Å². The van der Waals surface area contributed by atoms with Crippen molar-refractivity contribution in [3.63, 3.8) is 0 Å². The van der Waals surface area contributed by atoms with Crippen LogP contribution >= 0.6 is 0 Å². The predicted octanol–water partition coefficient (Wildman–Crippen LogP) is 2.60. The third-order valence-corrected chi connectivity index (χ3v) is 5.79. The standard InChI is InChI=1S/C24H26N4O3/c29-22-12-16-26(17-19-7-3-1-4-8-19)24(31)28(22)18-23(30)27-15-6-2-5-9-21(27)20-10-13-25-14-11-20/h1,3-4,7-8,10-14,16,21H,2,5-6,9,15,17-18H2. The number of pyridine rings is 1. The first-order chi connectivity index (χ1) is 15.1. The van der Waals surface area contributed by atoms with Crippen molar-refractivity contribution in [3.8, 4) is 0 Å². The van der Waals surface area contributed by atoms with Crippen LogP contribution in [0.25, 0.3) is 0 Å². The fourth-order valence-electron chi connectivity index (χ4n) is 4.17. The lowest BCUT2D eigenvalue weighted by Crippen LogP contribution is -2.45. The maximum atomic E-state index is 13.3. The van der Waals surface area contributed by atoms with Crippen LogP contribution in [0, 0.1) is 0 Å². The highest BCUT2D eigenvalue weighted by molar-refractivity contribution is 5.76. The first-order valence-electron chi connectivity index (χ1n) is 10.7. The van der Waals surface area contributed by atoms with E-state index in [-0.39, 0.29) is 18.5 Å². The monoisotopic (exact) mass is 418 g/mol. The van der Waals surface area contributed by atoms with Gasteiger partial charge >= 0.3 is 5.69 Å². The molecule has 31 heavy (non-hydrogen) atoms. The summed E-state index contributed by atoms with van der Waals surface area (Å²) in [4.78, 5) is 44.6. The second-order valence-electron chi connectivity index (χ2n) is 7.87. The number of carbonyl (C=O) groups excluding carboxylic acids is 1. The van der Waals surface area contributed by atoms with E-state index in [1.54, 1.807) is 12.4 Å². The minimum absolute atomic E-state index is 0.0658. The van der Waals surface area contributed by atoms with Gasteiger partial charge in [0.15, 0.2) is 0 Å². The molecule has 0 bridgehead atoms. The van der Waals surface area contributed by atoms with Crippen LogP contribution in [0.4, 0.5) is 0 Å². The van der Waals surface area contributed by atoms with Gasteiger partial charge < -0.3 is 4.90 Å². The molecule has 3 aromatic rings. The average Bonchev–Trinajstić information content (AvgIpc) is 3.06. The van der Waals surface area contributed by atoms with E-state index in [1.807, 2.05) is 47.4 Å². The van der Waals surface area contributed by atoms with E-state index in [0.717, 1.165) is 41.4 Å². The van der Waals surface area contributed by atoms with Gasteiger partial charge in [-0.3, -0.25) is 23.7 Å². The van der Waals surface area contributed by atoms with E-state index in [1.165, 1.54) is 16.8 Å². The van der Waals surface area contributed by atoms with Gasteiger partial charge in [0.25, 0.3) is 5.56 Å². The summed E-state index contributed by atoms with van der Waals surface area (Å²) in [6.45, 7) is 0.706. The summed E-state index contributed by atoms with van der Waals surface area (Å²) in [5.41, 5.74) is 1.05. The van der Waals surface area contributed by atoms with Crippen molar-refractivity contribution < 1.29 is 4.79 Å². The Kier molecular flexibility index (Phi) is 6.40. The minimum atomic E-state index is -0.472. The molecule has 1 aromatic carbocycles. The van der Waals surface area contributed by atoms with Gasteiger partial charge in [0.05, 0.1) is 12.6 Å². The average molecular weight is 418 g/mol. The Bertz CT molecular complexity index is 1140. The van der Waals surface area contributed by atoms with Gasteiger partial charge in [-0.2, -0.15) is 0 Å². The summed E-state index contributed by atoms with van der Waals surface area (Å²) in [6.07, 6.45) is 8.81. The number of likely N-dealkylation sites (tertiary alicyclic amines) is 1. The quantitative estimate of drug-likeness (QED) is 0.638. The molecule has 1 aliphatic heterocycles. The van der Waals surface area contributed by atoms with Crippen LogP contribution < -0.4 is 11.2 Å². The lowest BCUT2D eigenvalue weighted by Gasteiger charge is -2.30. The van der Waals surface area contributed by atoms with Crippen molar-refractivity contribution in [2.24, 2.45) is 0 Å². The maximum Gasteiger partial charge on any atom is 0.331 e. The fourth-order valence-corrected chi connectivity index (χ4v) is 4.17.